The van der Waals surface area contributed by atoms with E-state index >= 15 is 0 Å². The van der Waals surface area contributed by atoms with Crippen LogP contribution in [0.3, 0.4) is 0 Å². The summed E-state index contributed by atoms with van der Waals surface area (Å²) in [4.78, 5) is 0. The predicted molar refractivity (Wildman–Crippen MR) is 91.2 cm³/mol. The van der Waals surface area contributed by atoms with E-state index in [4.69, 9.17) is 0 Å². The molecule has 0 saturated heterocycles. The summed E-state index contributed by atoms with van der Waals surface area (Å²) in [6, 6.07) is 21.5. The van der Waals surface area contributed by atoms with Gasteiger partial charge in [-0.15, -0.1) is 35.9 Å². The van der Waals surface area contributed by atoms with E-state index in [1.165, 1.54) is 18.4 Å². The Morgan fingerprint density at radius 2 is 1.29 bits per heavy atom. The van der Waals surface area contributed by atoms with Gasteiger partial charge in [0.15, 0.2) is 0 Å². The van der Waals surface area contributed by atoms with E-state index in [0.29, 0.717) is 0 Å². The van der Waals surface area contributed by atoms with Crippen molar-refractivity contribution in [1.82, 2.24) is 0 Å². The molecule has 21 heavy (non-hydrogen) atoms. The van der Waals surface area contributed by atoms with Crippen LogP contribution in [0.15, 0.2) is 54.6 Å². The molecule has 0 bridgehead atoms. The molecule has 0 saturated carbocycles. The number of hydrogen-bond donors (Lipinski definition) is 0. The zero-order valence-corrected chi connectivity index (χ0v) is 15.5. The second-order valence-corrected chi connectivity index (χ2v) is 4.35. The second kappa shape index (κ2) is 17.2. The molecular formula is C20H27Pt-3. The monoisotopic (exact) mass is 462 g/mol. The van der Waals surface area contributed by atoms with Crippen molar-refractivity contribution in [3.63, 3.8) is 0 Å². The molecule has 0 amide bonds. The fourth-order valence-electron chi connectivity index (χ4n) is 1.19. The third-order valence-corrected chi connectivity index (χ3v) is 2.50. The van der Waals surface area contributed by atoms with Crippen molar-refractivity contribution in [2.24, 2.45) is 0 Å². The van der Waals surface area contributed by atoms with Crippen molar-refractivity contribution in [2.75, 3.05) is 0 Å². The zero-order valence-electron chi connectivity index (χ0n) is 13.3. The van der Waals surface area contributed by atoms with Crippen molar-refractivity contribution in [3.8, 4) is 11.1 Å². The van der Waals surface area contributed by atoms with Gasteiger partial charge in [0.25, 0.3) is 0 Å². The molecule has 0 fully saturated rings. The predicted octanol–water partition coefficient (Wildman–Crippen LogP) is 6.39. The van der Waals surface area contributed by atoms with Crippen LogP contribution in [0, 0.1) is 19.9 Å². The van der Waals surface area contributed by atoms with E-state index in [9.17, 15) is 0 Å². The molecule has 0 aliphatic rings. The smallest absolute Gasteiger partial charge is 0 e. The summed E-state index contributed by atoms with van der Waals surface area (Å²) in [6.07, 6.45) is 4.56. The second-order valence-electron chi connectivity index (χ2n) is 4.35. The molecule has 1 heteroatoms. The number of rotatable bonds is 3. The van der Waals surface area contributed by atoms with Crippen LogP contribution in [0.1, 0.15) is 39.5 Å². The van der Waals surface area contributed by atoms with Gasteiger partial charge in [0, 0.05) is 21.1 Å². The van der Waals surface area contributed by atoms with Gasteiger partial charge in [-0.2, -0.15) is 12.8 Å². The normalized spacial score (nSPS) is 8.38. The number of benzene rings is 2. The van der Waals surface area contributed by atoms with Gasteiger partial charge in [-0.25, -0.2) is 0 Å². The van der Waals surface area contributed by atoms with E-state index in [1.807, 2.05) is 36.4 Å². The maximum absolute atomic E-state index is 3.60. The van der Waals surface area contributed by atoms with Crippen molar-refractivity contribution in [1.29, 1.82) is 0 Å². The van der Waals surface area contributed by atoms with E-state index in [1.54, 1.807) is 0 Å². The van der Waals surface area contributed by atoms with Crippen LogP contribution in [-0.4, -0.2) is 0 Å². The Kier molecular flexibility index (Phi) is 18.3. The van der Waals surface area contributed by atoms with Crippen molar-refractivity contribution >= 4 is 0 Å². The average molecular weight is 463 g/mol. The number of hydrogen-bond acceptors (Lipinski definition) is 0. The summed E-state index contributed by atoms with van der Waals surface area (Å²) < 4.78 is 0. The van der Waals surface area contributed by atoms with Crippen molar-refractivity contribution in [2.45, 2.75) is 39.5 Å². The first-order valence-corrected chi connectivity index (χ1v) is 7.40. The molecule has 2 rings (SSSR count). The first-order chi connectivity index (χ1) is 9.79. The SMILES string of the molecule is [CH2-]CCC.[CH2-]CCC.[Pt].[c-]1ccccc1-c1ccccc1. The van der Waals surface area contributed by atoms with Gasteiger partial charge in [-0.1, -0.05) is 62.6 Å². The minimum Gasteiger partial charge on any atom is -0.343 e. The van der Waals surface area contributed by atoms with E-state index < -0.39 is 0 Å². The topological polar surface area (TPSA) is 0 Å². The summed E-state index contributed by atoms with van der Waals surface area (Å²) >= 11 is 0. The Morgan fingerprint density at radius 3 is 1.67 bits per heavy atom. The Bertz CT molecular complexity index is 349. The summed E-state index contributed by atoms with van der Waals surface area (Å²) in [7, 11) is 0. The first kappa shape index (κ1) is 22.4. The Morgan fingerprint density at radius 1 is 0.810 bits per heavy atom. The molecule has 0 spiro atoms. The Hall–Kier alpha value is -0.872. The molecule has 2 aromatic rings. The van der Waals surface area contributed by atoms with Crippen LogP contribution in [0.2, 0.25) is 0 Å². The molecular weight excluding hydrogens is 435 g/mol. The van der Waals surface area contributed by atoms with Gasteiger partial charge in [0.1, 0.15) is 0 Å². The first-order valence-electron chi connectivity index (χ1n) is 7.40. The third kappa shape index (κ3) is 12.6. The maximum Gasteiger partial charge on any atom is 0 e. The van der Waals surface area contributed by atoms with Gasteiger partial charge in [-0.3, -0.25) is 0 Å². The quantitative estimate of drug-likeness (QED) is 0.464. The molecule has 0 aliphatic carbocycles. The summed E-state index contributed by atoms with van der Waals surface area (Å²) in [5, 5.41) is 0. The largest absolute Gasteiger partial charge is 0.343 e. The van der Waals surface area contributed by atoms with Crippen LogP contribution < -0.4 is 0 Å². The van der Waals surface area contributed by atoms with Crippen molar-refractivity contribution in [3.05, 3.63) is 74.5 Å². The molecule has 0 atom stereocenters. The molecule has 0 aromatic heterocycles. The van der Waals surface area contributed by atoms with Crippen LogP contribution in [-0.2, 0) is 21.1 Å². The Labute approximate surface area is 146 Å². The average Bonchev–Trinajstić information content (AvgIpc) is 2.57. The van der Waals surface area contributed by atoms with Gasteiger partial charge in [0.05, 0.1) is 0 Å². The third-order valence-electron chi connectivity index (χ3n) is 2.50. The maximum atomic E-state index is 3.60. The Balaban J connectivity index is 0. The van der Waals surface area contributed by atoms with Gasteiger partial charge in [-0.05, 0) is 0 Å². The number of unbranched alkanes of at least 4 members (excludes halogenated alkanes) is 2. The molecule has 0 N–H and O–H groups in total. The molecule has 0 nitrogen and oxygen atoms in total. The van der Waals surface area contributed by atoms with Crippen LogP contribution in [0.4, 0.5) is 0 Å². The molecule has 0 heterocycles. The fourth-order valence-corrected chi connectivity index (χ4v) is 1.19. The molecule has 120 valence electrons. The molecule has 0 radical (unpaired) electrons. The van der Waals surface area contributed by atoms with Crippen LogP contribution >= 0.6 is 0 Å². The molecule has 2 aromatic carbocycles. The van der Waals surface area contributed by atoms with Crippen LogP contribution in [0.5, 0.6) is 0 Å². The standard InChI is InChI=1S/C12H9.2C4H9.Pt/c1-3-7-11(8-4-1)12-9-5-2-6-10-12;2*1-3-4-2;/h1-9H;2*1,3-4H2,2H3;/q3*-1;. The van der Waals surface area contributed by atoms with Gasteiger partial charge < -0.3 is 13.8 Å². The molecule has 0 unspecified atom stereocenters. The summed E-state index contributed by atoms with van der Waals surface area (Å²) in [5.41, 5.74) is 2.37. The van der Waals surface area contributed by atoms with Crippen molar-refractivity contribution < 1.29 is 21.1 Å². The fraction of sp³-hybridized carbons (Fsp3) is 0.300. The zero-order chi connectivity index (χ0) is 15.1. The van der Waals surface area contributed by atoms with E-state index in [0.717, 1.165) is 18.4 Å². The summed E-state index contributed by atoms with van der Waals surface area (Å²) in [5.74, 6) is 0. The minimum atomic E-state index is 0. The van der Waals surface area contributed by atoms with Gasteiger partial charge in [0.2, 0.25) is 0 Å². The van der Waals surface area contributed by atoms with E-state index in [-0.39, 0.29) is 21.1 Å². The summed E-state index contributed by atoms with van der Waals surface area (Å²) in [6.45, 7) is 11.4. The van der Waals surface area contributed by atoms with Crippen LogP contribution in [0.25, 0.3) is 11.1 Å². The van der Waals surface area contributed by atoms with E-state index in [2.05, 4.69) is 52.0 Å². The molecule has 0 aliphatic heterocycles. The minimum absolute atomic E-state index is 0. The van der Waals surface area contributed by atoms with Gasteiger partial charge >= 0.3 is 0 Å².